The number of nitrogens with zero attached hydrogens (tertiary/aromatic N) is 7. The molecule has 0 saturated carbocycles. The fourth-order valence-corrected chi connectivity index (χ4v) is 7.00. The van der Waals surface area contributed by atoms with E-state index >= 15 is 0 Å². The molecule has 12 heteroatoms. The molecule has 0 unspecified atom stereocenters. The summed E-state index contributed by atoms with van der Waals surface area (Å²) in [6, 6.07) is 13.2. The maximum absolute atomic E-state index is 13.4. The zero-order chi connectivity index (χ0) is 35.9. The van der Waals surface area contributed by atoms with Crippen LogP contribution in [0.15, 0.2) is 70.6 Å². The number of nitrogens with two attached hydrogens (primary N) is 1. The van der Waals surface area contributed by atoms with Crippen LogP contribution in [0, 0.1) is 26.6 Å². The monoisotopic (exact) mass is 695 g/mol. The van der Waals surface area contributed by atoms with Gasteiger partial charge in [0.2, 0.25) is 0 Å². The lowest BCUT2D eigenvalue weighted by atomic mass is 10.0. The fraction of sp³-hybridized carbons (Fsp3) is 0.462. The van der Waals surface area contributed by atoms with Gasteiger partial charge in [-0.2, -0.15) is 0 Å². The molecule has 0 aromatic carbocycles. The van der Waals surface area contributed by atoms with Crippen LogP contribution < -0.4 is 22.2 Å². The van der Waals surface area contributed by atoms with Crippen molar-refractivity contribution in [2.24, 2.45) is 5.73 Å². The third kappa shape index (κ3) is 9.50. The molecule has 11 nitrogen and oxygen atoms in total. The highest BCUT2D eigenvalue weighted by molar-refractivity contribution is 5.75. The van der Waals surface area contributed by atoms with Crippen LogP contribution in [0.2, 0.25) is 0 Å². The van der Waals surface area contributed by atoms with Gasteiger partial charge in [-0.05, 0) is 120 Å². The molecule has 5 aromatic rings. The number of hydrogen-bond acceptors (Lipinski definition) is 9. The van der Waals surface area contributed by atoms with Gasteiger partial charge in [-0.3, -0.25) is 24.5 Å². The molecule has 7 rings (SSSR count). The van der Waals surface area contributed by atoms with Gasteiger partial charge in [0, 0.05) is 75.0 Å². The van der Waals surface area contributed by atoms with Gasteiger partial charge in [0.1, 0.15) is 5.82 Å². The standard InChI is InChI=1S/C23H28FN5O.C16H22N4O/c1-16-11-22-21(27-13-16)3-4-23(30)29(22)10-9-28-7-5-20(6-8-28)26-14-18-12-19(24)15-25-17(18)2;1-12-10-15-14(18-11-12)2-3-16(21)20(15)9-8-19-6-4-13(17)5-7-19/h3-4,11-13,15,20,26H,5-10,14H2,1-2H3;2-3,10-11,13H,4-9,17H2,1H3. The summed E-state index contributed by atoms with van der Waals surface area (Å²) in [6.45, 7) is 13.6. The van der Waals surface area contributed by atoms with Crippen molar-refractivity contribution < 1.29 is 4.39 Å². The number of pyridine rings is 5. The van der Waals surface area contributed by atoms with Crippen molar-refractivity contribution in [3.05, 3.63) is 110 Å². The maximum Gasteiger partial charge on any atom is 0.251 e. The van der Waals surface area contributed by atoms with E-state index in [9.17, 15) is 14.0 Å². The maximum atomic E-state index is 13.4. The average molecular weight is 696 g/mol. The first-order chi connectivity index (χ1) is 24.6. The average Bonchev–Trinajstić information content (AvgIpc) is 3.12. The second-order valence-corrected chi connectivity index (χ2v) is 14.1. The first kappa shape index (κ1) is 36.4. The molecule has 3 N–H and O–H groups in total. The van der Waals surface area contributed by atoms with Gasteiger partial charge >= 0.3 is 0 Å². The Morgan fingerprint density at radius 1 is 0.706 bits per heavy atom. The summed E-state index contributed by atoms with van der Waals surface area (Å²) in [5.41, 5.74) is 13.5. The van der Waals surface area contributed by atoms with E-state index < -0.39 is 0 Å². The molecule has 270 valence electrons. The highest BCUT2D eigenvalue weighted by Gasteiger charge is 2.20. The van der Waals surface area contributed by atoms with E-state index in [-0.39, 0.29) is 16.9 Å². The quantitative estimate of drug-likeness (QED) is 0.236. The second kappa shape index (κ2) is 16.8. The Morgan fingerprint density at radius 3 is 1.75 bits per heavy atom. The predicted octanol–water partition coefficient (Wildman–Crippen LogP) is 3.93. The van der Waals surface area contributed by atoms with Crippen molar-refractivity contribution in [1.82, 2.24) is 39.2 Å². The van der Waals surface area contributed by atoms with E-state index in [1.807, 2.05) is 54.4 Å². The Bertz CT molecular complexity index is 2060. The summed E-state index contributed by atoms with van der Waals surface area (Å²) in [6.07, 6.45) is 9.09. The highest BCUT2D eigenvalue weighted by Crippen LogP contribution is 2.16. The lowest BCUT2D eigenvalue weighted by Gasteiger charge is -2.32. The molecule has 0 aliphatic carbocycles. The molecule has 0 amide bonds. The molecule has 2 aliphatic heterocycles. The second-order valence-electron chi connectivity index (χ2n) is 14.1. The van der Waals surface area contributed by atoms with Crippen molar-refractivity contribution in [2.45, 2.75) is 78.2 Å². The molecule has 2 aliphatic rings. The summed E-state index contributed by atoms with van der Waals surface area (Å²) in [5.74, 6) is -0.290. The molecule has 2 saturated heterocycles. The molecule has 0 spiro atoms. The first-order valence-corrected chi connectivity index (χ1v) is 18.1. The Morgan fingerprint density at radius 2 is 1.22 bits per heavy atom. The van der Waals surface area contributed by atoms with Crippen LogP contribution in [-0.2, 0) is 19.6 Å². The zero-order valence-electron chi connectivity index (χ0n) is 30.0. The number of likely N-dealkylation sites (tertiary alicyclic amines) is 2. The molecule has 5 aromatic heterocycles. The Balaban J connectivity index is 0.000000187. The Labute approximate surface area is 298 Å². The van der Waals surface area contributed by atoms with Crippen molar-refractivity contribution in [1.29, 1.82) is 0 Å². The first-order valence-electron chi connectivity index (χ1n) is 18.1. The largest absolute Gasteiger partial charge is 0.328 e. The van der Waals surface area contributed by atoms with Gasteiger partial charge in [0.15, 0.2) is 0 Å². The molecule has 2 fully saturated rings. The van der Waals surface area contributed by atoms with E-state index in [4.69, 9.17) is 5.73 Å². The van der Waals surface area contributed by atoms with Gasteiger partial charge in [0.25, 0.3) is 11.1 Å². The van der Waals surface area contributed by atoms with Crippen molar-refractivity contribution in [2.75, 3.05) is 39.3 Å². The lowest BCUT2D eigenvalue weighted by Crippen LogP contribution is -2.43. The third-order valence-corrected chi connectivity index (χ3v) is 10.2. The predicted molar refractivity (Wildman–Crippen MR) is 200 cm³/mol. The molecule has 0 atom stereocenters. The third-order valence-electron chi connectivity index (χ3n) is 10.2. The topological polar surface area (TPSA) is 127 Å². The number of fused-ring (bicyclic) bond motifs is 2. The van der Waals surface area contributed by atoms with Crippen LogP contribution in [0.3, 0.4) is 0 Å². The minimum Gasteiger partial charge on any atom is -0.328 e. The van der Waals surface area contributed by atoms with Gasteiger partial charge in [-0.25, -0.2) is 4.39 Å². The summed E-state index contributed by atoms with van der Waals surface area (Å²) < 4.78 is 17.1. The van der Waals surface area contributed by atoms with Crippen LogP contribution in [0.1, 0.15) is 48.1 Å². The molecular formula is C39H50FN9O2. The van der Waals surface area contributed by atoms with Crippen LogP contribution in [-0.4, -0.2) is 85.2 Å². The van der Waals surface area contributed by atoms with E-state index in [0.717, 1.165) is 109 Å². The SMILES string of the molecule is Cc1cnc2ccc(=O)n(CCN3CCC(N)CC3)c2c1.Cc1cnc2ccc(=O)n(CCN3CCC(NCc4cc(F)cnc4C)CC3)c2c1. The normalized spacial score (nSPS) is 16.4. The molecule has 51 heavy (non-hydrogen) atoms. The summed E-state index contributed by atoms with van der Waals surface area (Å²) >= 11 is 0. The van der Waals surface area contributed by atoms with Gasteiger partial charge in [-0.1, -0.05) is 0 Å². The van der Waals surface area contributed by atoms with Gasteiger partial charge < -0.3 is 30.0 Å². The molecular weight excluding hydrogens is 645 g/mol. The number of rotatable bonds is 9. The summed E-state index contributed by atoms with van der Waals surface area (Å²) in [4.78, 5) is 42.3. The van der Waals surface area contributed by atoms with Crippen molar-refractivity contribution in [3.8, 4) is 0 Å². The van der Waals surface area contributed by atoms with Crippen molar-refractivity contribution >= 4 is 22.1 Å². The Kier molecular flexibility index (Phi) is 12.0. The van der Waals surface area contributed by atoms with E-state index in [1.165, 1.54) is 6.20 Å². The van der Waals surface area contributed by atoms with Gasteiger partial charge in [-0.15, -0.1) is 0 Å². The molecule has 0 radical (unpaired) electrons. The lowest BCUT2D eigenvalue weighted by molar-refractivity contribution is 0.191. The van der Waals surface area contributed by atoms with Crippen LogP contribution >= 0.6 is 0 Å². The number of nitrogens with one attached hydrogen (secondary N) is 1. The van der Waals surface area contributed by atoms with E-state index in [0.29, 0.717) is 31.7 Å². The summed E-state index contributed by atoms with van der Waals surface area (Å²) in [7, 11) is 0. The fourth-order valence-electron chi connectivity index (χ4n) is 7.00. The summed E-state index contributed by atoms with van der Waals surface area (Å²) in [5, 5.41) is 3.54. The molecule has 0 bridgehead atoms. The highest BCUT2D eigenvalue weighted by atomic mass is 19.1. The van der Waals surface area contributed by atoms with Gasteiger partial charge in [0.05, 0.1) is 28.3 Å². The number of aromatic nitrogens is 5. The smallest absolute Gasteiger partial charge is 0.251 e. The van der Waals surface area contributed by atoms with Crippen LogP contribution in [0.4, 0.5) is 4.39 Å². The number of halogens is 1. The zero-order valence-corrected chi connectivity index (χ0v) is 30.0. The number of aryl methyl sites for hydroxylation is 3. The van der Waals surface area contributed by atoms with Crippen molar-refractivity contribution in [3.63, 3.8) is 0 Å². The van der Waals surface area contributed by atoms with E-state index in [2.05, 4.69) is 30.1 Å². The van der Waals surface area contributed by atoms with E-state index in [1.54, 1.807) is 30.3 Å². The minimum absolute atomic E-state index is 0.0190. The van der Waals surface area contributed by atoms with Crippen LogP contribution in [0.5, 0.6) is 0 Å². The number of piperidine rings is 2. The molecule has 7 heterocycles. The minimum atomic E-state index is -0.290. The number of hydrogen-bond donors (Lipinski definition) is 2. The Hall–Kier alpha value is -4.36. The van der Waals surface area contributed by atoms with Crippen LogP contribution in [0.25, 0.3) is 22.1 Å².